The number of methoxy groups -OCH3 is 1. The number of rotatable bonds is 9. The molecule has 1 aliphatic rings. The van der Waals surface area contributed by atoms with Crippen molar-refractivity contribution in [2.75, 3.05) is 44.8 Å². The van der Waals surface area contributed by atoms with Crippen molar-refractivity contribution in [2.45, 2.75) is 53.1 Å². The van der Waals surface area contributed by atoms with Gasteiger partial charge in [0.25, 0.3) is 5.91 Å². The number of carbonyl (C=O) groups is 1. The minimum Gasteiger partial charge on any atom is -0.383 e. The van der Waals surface area contributed by atoms with E-state index in [0.717, 1.165) is 68.3 Å². The third kappa shape index (κ3) is 6.20. The molecule has 3 rings (SSSR count). The largest absolute Gasteiger partial charge is 0.383 e. The normalized spacial score (nSPS) is 14.9. The maximum Gasteiger partial charge on any atom is 0.251 e. The maximum absolute atomic E-state index is 13.1. The van der Waals surface area contributed by atoms with E-state index in [1.54, 1.807) is 19.2 Å². The number of aryl methyl sites for hydroxylation is 2. The number of pyridine rings is 1. The van der Waals surface area contributed by atoms with Crippen LogP contribution in [0.4, 0.5) is 5.69 Å². The number of piperidine rings is 1. The first kappa shape index (κ1) is 26.3. The van der Waals surface area contributed by atoms with Crippen LogP contribution in [0, 0.1) is 20.8 Å². The lowest BCUT2D eigenvalue weighted by Crippen LogP contribution is -2.46. The lowest BCUT2D eigenvalue weighted by molar-refractivity contribution is 0.0950. The van der Waals surface area contributed by atoms with Crippen LogP contribution in [-0.2, 0) is 11.3 Å². The van der Waals surface area contributed by atoms with E-state index < -0.39 is 0 Å². The highest BCUT2D eigenvalue weighted by atomic mass is 35.5. The van der Waals surface area contributed by atoms with Crippen LogP contribution in [0.2, 0.25) is 5.02 Å². The van der Waals surface area contributed by atoms with Gasteiger partial charge in [0.15, 0.2) is 5.43 Å². The third-order valence-electron chi connectivity index (χ3n) is 6.76. The Morgan fingerprint density at radius 3 is 2.56 bits per heavy atom. The van der Waals surface area contributed by atoms with E-state index in [2.05, 4.69) is 27.0 Å². The molecule has 0 bridgehead atoms. The smallest absolute Gasteiger partial charge is 0.251 e. The molecule has 7 nitrogen and oxygen atoms in total. The first-order valence-corrected chi connectivity index (χ1v) is 12.4. The molecule has 0 saturated carbocycles. The van der Waals surface area contributed by atoms with Gasteiger partial charge >= 0.3 is 0 Å². The molecule has 1 aliphatic heterocycles. The molecule has 1 fully saturated rings. The zero-order valence-electron chi connectivity index (χ0n) is 21.0. The first-order chi connectivity index (χ1) is 16.2. The van der Waals surface area contributed by atoms with Crippen LogP contribution in [0.25, 0.3) is 0 Å². The van der Waals surface area contributed by atoms with Gasteiger partial charge < -0.3 is 24.8 Å². The van der Waals surface area contributed by atoms with Crippen LogP contribution in [0.5, 0.6) is 0 Å². The second-order valence-electron chi connectivity index (χ2n) is 9.05. The van der Waals surface area contributed by atoms with Gasteiger partial charge in [0.1, 0.15) is 0 Å². The number of ether oxygens (including phenoxy) is 1. The Morgan fingerprint density at radius 2 is 1.94 bits per heavy atom. The van der Waals surface area contributed by atoms with Crippen LogP contribution in [0.1, 0.15) is 52.6 Å². The SMILES string of the molecule is CCN(c1cc(Cl)cc(C(=O)NCc2c(C)[nH]c(C)cc2=O)c1C)C1CCN(CCOC)CC1. The van der Waals surface area contributed by atoms with Crippen LogP contribution in [0.15, 0.2) is 23.0 Å². The Hall–Kier alpha value is -2.35. The molecule has 1 saturated heterocycles. The fourth-order valence-electron chi connectivity index (χ4n) is 4.86. The lowest BCUT2D eigenvalue weighted by atomic mass is 9.99. The number of nitrogens with zero attached hydrogens (tertiary/aromatic N) is 2. The number of aromatic nitrogens is 1. The minimum absolute atomic E-state index is 0.0773. The number of carbonyl (C=O) groups excluding carboxylic acids is 1. The zero-order chi connectivity index (χ0) is 24.8. The van der Waals surface area contributed by atoms with Crippen LogP contribution < -0.4 is 15.6 Å². The molecule has 2 aromatic rings. The molecule has 186 valence electrons. The van der Waals surface area contributed by atoms with Gasteiger partial charge in [-0.05, 0) is 58.2 Å². The number of likely N-dealkylation sites (tertiary alicyclic amines) is 1. The van der Waals surface area contributed by atoms with Crippen molar-refractivity contribution in [1.82, 2.24) is 15.2 Å². The fraction of sp³-hybridized carbons (Fsp3) is 0.538. The molecule has 8 heteroatoms. The summed E-state index contributed by atoms with van der Waals surface area (Å²) in [5, 5.41) is 3.45. The summed E-state index contributed by atoms with van der Waals surface area (Å²) in [6.45, 7) is 12.6. The van der Waals surface area contributed by atoms with E-state index in [4.69, 9.17) is 16.3 Å². The molecule has 1 aromatic heterocycles. The molecular weight excluding hydrogens is 452 g/mol. The van der Waals surface area contributed by atoms with Crippen LogP contribution in [0.3, 0.4) is 0 Å². The van der Waals surface area contributed by atoms with E-state index in [1.807, 2.05) is 26.8 Å². The summed E-state index contributed by atoms with van der Waals surface area (Å²) in [5.41, 5.74) is 4.50. The molecule has 0 radical (unpaired) electrons. The minimum atomic E-state index is -0.230. The summed E-state index contributed by atoms with van der Waals surface area (Å²) in [6.07, 6.45) is 2.11. The standard InChI is InChI=1S/C26H37ClN4O3/c1-6-31(21-7-9-30(10-8-21)11-12-34-5)24-15-20(27)14-22(18(24)3)26(33)28-16-23-19(4)29-17(2)13-25(23)32/h13-15,21H,6-12,16H2,1-5H3,(H,28,33)(H,29,32). The number of aromatic amines is 1. The summed E-state index contributed by atoms with van der Waals surface area (Å²) < 4.78 is 5.22. The number of H-pyrrole nitrogens is 1. The Labute approximate surface area is 207 Å². The number of anilines is 1. The van der Waals surface area contributed by atoms with Gasteiger partial charge in [-0.15, -0.1) is 0 Å². The van der Waals surface area contributed by atoms with Gasteiger partial charge in [-0.1, -0.05) is 11.6 Å². The predicted octanol–water partition coefficient (Wildman–Crippen LogP) is 3.82. The van der Waals surface area contributed by atoms with E-state index >= 15 is 0 Å². The Balaban J connectivity index is 1.77. The van der Waals surface area contributed by atoms with Gasteiger partial charge in [0.2, 0.25) is 0 Å². The molecule has 1 aromatic carbocycles. The Bertz CT molecular complexity index is 1060. The molecule has 2 heterocycles. The monoisotopic (exact) mass is 488 g/mol. The quantitative estimate of drug-likeness (QED) is 0.561. The lowest BCUT2D eigenvalue weighted by Gasteiger charge is -2.40. The van der Waals surface area contributed by atoms with Crippen molar-refractivity contribution in [1.29, 1.82) is 0 Å². The number of halogens is 1. The number of benzene rings is 1. The summed E-state index contributed by atoms with van der Waals surface area (Å²) in [4.78, 5) is 33.5. The molecule has 0 unspecified atom stereocenters. The number of amides is 1. The van der Waals surface area contributed by atoms with Crippen molar-refractivity contribution in [3.63, 3.8) is 0 Å². The molecule has 1 amide bonds. The van der Waals surface area contributed by atoms with E-state index in [-0.39, 0.29) is 17.9 Å². The first-order valence-electron chi connectivity index (χ1n) is 12.0. The predicted molar refractivity (Wildman–Crippen MR) is 138 cm³/mol. The molecule has 0 spiro atoms. The number of hydrogen-bond acceptors (Lipinski definition) is 5. The molecule has 2 N–H and O–H groups in total. The fourth-order valence-corrected chi connectivity index (χ4v) is 5.07. The van der Waals surface area contributed by atoms with Gasteiger partial charge in [-0.25, -0.2) is 0 Å². The van der Waals surface area contributed by atoms with Crippen molar-refractivity contribution in [3.8, 4) is 0 Å². The van der Waals surface area contributed by atoms with E-state index in [0.29, 0.717) is 22.2 Å². The topological polar surface area (TPSA) is 77.7 Å². The van der Waals surface area contributed by atoms with E-state index in [9.17, 15) is 9.59 Å². The van der Waals surface area contributed by atoms with Crippen LogP contribution >= 0.6 is 11.6 Å². The van der Waals surface area contributed by atoms with Gasteiger partial charge in [0, 0.05) is 85.2 Å². The van der Waals surface area contributed by atoms with Crippen LogP contribution in [-0.4, -0.2) is 61.7 Å². The van der Waals surface area contributed by atoms with Gasteiger partial charge in [-0.3, -0.25) is 9.59 Å². The highest BCUT2D eigenvalue weighted by Gasteiger charge is 2.26. The number of nitrogens with one attached hydrogen (secondary N) is 2. The highest BCUT2D eigenvalue weighted by Crippen LogP contribution is 2.32. The third-order valence-corrected chi connectivity index (χ3v) is 6.98. The second kappa shape index (κ2) is 11.9. The molecule has 34 heavy (non-hydrogen) atoms. The average Bonchev–Trinajstić information content (AvgIpc) is 2.80. The van der Waals surface area contributed by atoms with Gasteiger partial charge in [0.05, 0.1) is 6.61 Å². The summed E-state index contributed by atoms with van der Waals surface area (Å²) >= 11 is 6.49. The average molecular weight is 489 g/mol. The van der Waals surface area contributed by atoms with Crippen molar-refractivity contribution in [2.24, 2.45) is 0 Å². The van der Waals surface area contributed by atoms with Crippen molar-refractivity contribution in [3.05, 3.63) is 61.5 Å². The van der Waals surface area contributed by atoms with Gasteiger partial charge in [-0.2, -0.15) is 0 Å². The molecule has 0 atom stereocenters. The second-order valence-corrected chi connectivity index (χ2v) is 9.49. The van der Waals surface area contributed by atoms with Crippen molar-refractivity contribution < 1.29 is 9.53 Å². The number of hydrogen-bond donors (Lipinski definition) is 2. The van der Waals surface area contributed by atoms with E-state index in [1.165, 1.54) is 0 Å². The zero-order valence-corrected chi connectivity index (χ0v) is 21.7. The summed E-state index contributed by atoms with van der Waals surface area (Å²) in [6, 6.07) is 5.62. The highest BCUT2D eigenvalue weighted by molar-refractivity contribution is 6.31. The molecular formula is C26H37ClN4O3. The Kier molecular flexibility index (Phi) is 9.17. The maximum atomic E-state index is 13.1. The molecule has 0 aliphatic carbocycles. The Morgan fingerprint density at radius 1 is 1.24 bits per heavy atom. The summed E-state index contributed by atoms with van der Waals surface area (Å²) in [7, 11) is 1.74. The summed E-state index contributed by atoms with van der Waals surface area (Å²) in [5.74, 6) is -0.230. The van der Waals surface area contributed by atoms with Crippen molar-refractivity contribution >= 4 is 23.2 Å².